The number of amides is 2. The molecule has 0 unspecified atom stereocenters. The van der Waals surface area contributed by atoms with Crippen molar-refractivity contribution >= 4 is 52.0 Å². The van der Waals surface area contributed by atoms with Crippen LogP contribution in [0.3, 0.4) is 0 Å². The van der Waals surface area contributed by atoms with Crippen LogP contribution < -0.4 is 10.2 Å². The number of nitro benzene ring substituents is 1. The largest absolute Gasteiger partial charge is 0.507 e. The quantitative estimate of drug-likeness (QED) is 0.173. The number of anilines is 2. The number of aliphatic hydroxyl groups excluding tert-OH is 1. The third-order valence-corrected chi connectivity index (χ3v) is 5.70. The Bertz CT molecular complexity index is 1370. The van der Waals surface area contributed by atoms with Gasteiger partial charge in [0.05, 0.1) is 16.5 Å². The summed E-state index contributed by atoms with van der Waals surface area (Å²) in [6.45, 7) is 1.37. The molecule has 0 aliphatic carbocycles. The molecular formula is C25H18ClN3O6. The molecule has 1 aliphatic rings. The van der Waals surface area contributed by atoms with Crippen LogP contribution in [-0.2, 0) is 14.4 Å². The van der Waals surface area contributed by atoms with Crippen molar-refractivity contribution in [1.29, 1.82) is 0 Å². The Morgan fingerprint density at radius 1 is 1.00 bits per heavy atom. The zero-order chi connectivity index (χ0) is 25.3. The summed E-state index contributed by atoms with van der Waals surface area (Å²) in [6.07, 6.45) is 0. The topological polar surface area (TPSA) is 130 Å². The number of carbonyl (C=O) groups excluding carboxylic acids is 3. The summed E-state index contributed by atoms with van der Waals surface area (Å²) < 4.78 is 0. The van der Waals surface area contributed by atoms with E-state index in [1.165, 1.54) is 36.1 Å². The maximum absolute atomic E-state index is 13.2. The molecule has 35 heavy (non-hydrogen) atoms. The number of nitro groups is 1. The van der Waals surface area contributed by atoms with Crippen molar-refractivity contribution in [2.24, 2.45) is 0 Å². The molecule has 0 radical (unpaired) electrons. The highest BCUT2D eigenvalue weighted by atomic mass is 35.5. The summed E-state index contributed by atoms with van der Waals surface area (Å²) in [5.74, 6) is -2.49. The molecule has 1 fully saturated rings. The maximum atomic E-state index is 13.2. The molecule has 9 nitrogen and oxygen atoms in total. The molecule has 1 atom stereocenters. The normalized spacial score (nSPS) is 16.9. The molecule has 10 heteroatoms. The maximum Gasteiger partial charge on any atom is 0.300 e. The predicted molar refractivity (Wildman–Crippen MR) is 130 cm³/mol. The minimum atomic E-state index is -0.992. The third-order valence-electron chi connectivity index (χ3n) is 5.45. The van der Waals surface area contributed by atoms with Crippen LogP contribution in [-0.4, -0.2) is 27.6 Å². The minimum Gasteiger partial charge on any atom is -0.507 e. The van der Waals surface area contributed by atoms with Gasteiger partial charge in [0.1, 0.15) is 5.76 Å². The molecule has 0 saturated carbocycles. The number of nitrogens with one attached hydrogen (secondary N) is 1. The fourth-order valence-electron chi connectivity index (χ4n) is 3.86. The van der Waals surface area contributed by atoms with E-state index in [1.54, 1.807) is 48.5 Å². The van der Waals surface area contributed by atoms with Crippen molar-refractivity contribution in [1.82, 2.24) is 0 Å². The van der Waals surface area contributed by atoms with Gasteiger partial charge < -0.3 is 10.4 Å². The fourth-order valence-corrected chi connectivity index (χ4v) is 3.99. The van der Waals surface area contributed by atoms with Gasteiger partial charge in [-0.05, 0) is 54.1 Å². The van der Waals surface area contributed by atoms with Crippen LogP contribution in [0.15, 0.2) is 78.4 Å². The number of rotatable bonds is 5. The van der Waals surface area contributed by atoms with Crippen LogP contribution in [0.25, 0.3) is 5.76 Å². The Morgan fingerprint density at radius 3 is 2.14 bits per heavy atom. The standard InChI is InChI=1S/C25H18ClN3O6/c1-14(30)27-18-8-12-19(13-9-18)28-22(15-2-6-17(26)7-3-15)21(24(32)25(28)33)23(31)16-4-10-20(11-5-16)29(34)35/h2-13,22,31H,1H3,(H,27,30)/t22-/m0/s1. The van der Waals surface area contributed by atoms with Gasteiger partial charge in [-0.3, -0.25) is 29.4 Å². The van der Waals surface area contributed by atoms with Crippen molar-refractivity contribution in [3.63, 3.8) is 0 Å². The molecule has 3 aromatic rings. The first-order valence-electron chi connectivity index (χ1n) is 10.4. The number of ketones is 1. The molecule has 176 valence electrons. The second kappa shape index (κ2) is 9.40. The van der Waals surface area contributed by atoms with E-state index in [0.29, 0.717) is 22.0 Å². The highest BCUT2D eigenvalue weighted by molar-refractivity contribution is 6.51. The Morgan fingerprint density at radius 2 is 1.60 bits per heavy atom. The Labute approximate surface area is 204 Å². The molecule has 4 rings (SSSR count). The lowest BCUT2D eigenvalue weighted by Crippen LogP contribution is -2.29. The molecule has 1 aliphatic heterocycles. The van der Waals surface area contributed by atoms with Crippen molar-refractivity contribution in [2.75, 3.05) is 10.2 Å². The zero-order valence-electron chi connectivity index (χ0n) is 18.3. The molecule has 2 amide bonds. The SMILES string of the molecule is CC(=O)Nc1ccc(N2C(=O)C(=O)C(=C(O)c3ccc([N+](=O)[O-])cc3)[C@@H]2c2ccc(Cl)cc2)cc1. The van der Waals surface area contributed by atoms with Gasteiger partial charge in [0.2, 0.25) is 5.91 Å². The van der Waals surface area contributed by atoms with E-state index in [4.69, 9.17) is 11.6 Å². The zero-order valence-corrected chi connectivity index (χ0v) is 19.0. The van der Waals surface area contributed by atoms with Crippen LogP contribution in [0.5, 0.6) is 0 Å². The van der Waals surface area contributed by atoms with Crippen LogP contribution in [0.1, 0.15) is 24.1 Å². The van der Waals surface area contributed by atoms with E-state index < -0.39 is 28.4 Å². The van der Waals surface area contributed by atoms with Gasteiger partial charge in [-0.15, -0.1) is 0 Å². The Kier molecular flexibility index (Phi) is 6.35. The average Bonchev–Trinajstić information content (AvgIpc) is 3.10. The molecule has 0 aromatic heterocycles. The van der Waals surface area contributed by atoms with Gasteiger partial charge in [0.25, 0.3) is 17.4 Å². The summed E-state index contributed by atoms with van der Waals surface area (Å²) in [7, 11) is 0. The summed E-state index contributed by atoms with van der Waals surface area (Å²) in [5.41, 5.74) is 1.18. The molecule has 2 N–H and O–H groups in total. The second-order valence-electron chi connectivity index (χ2n) is 7.75. The lowest BCUT2D eigenvalue weighted by Gasteiger charge is -2.25. The minimum absolute atomic E-state index is 0.147. The molecule has 0 spiro atoms. The number of non-ortho nitro benzene ring substituents is 1. The van der Waals surface area contributed by atoms with Crippen molar-refractivity contribution in [3.05, 3.63) is 105 Å². The number of hydrogen-bond acceptors (Lipinski definition) is 6. The molecule has 1 saturated heterocycles. The first-order chi connectivity index (χ1) is 16.7. The smallest absolute Gasteiger partial charge is 0.300 e. The average molecular weight is 492 g/mol. The van der Waals surface area contributed by atoms with E-state index in [9.17, 15) is 29.6 Å². The third kappa shape index (κ3) is 4.62. The Balaban J connectivity index is 1.85. The summed E-state index contributed by atoms with van der Waals surface area (Å²) in [4.78, 5) is 49.3. The van der Waals surface area contributed by atoms with Gasteiger partial charge in [-0.1, -0.05) is 23.7 Å². The second-order valence-corrected chi connectivity index (χ2v) is 8.19. The number of aliphatic hydroxyl groups is 1. The van der Waals surface area contributed by atoms with E-state index in [-0.39, 0.29) is 22.7 Å². The van der Waals surface area contributed by atoms with Crippen molar-refractivity contribution < 1.29 is 24.4 Å². The van der Waals surface area contributed by atoms with E-state index in [1.807, 2.05) is 0 Å². The van der Waals surface area contributed by atoms with Gasteiger partial charge in [0, 0.05) is 41.0 Å². The van der Waals surface area contributed by atoms with Crippen LogP contribution in [0.2, 0.25) is 5.02 Å². The van der Waals surface area contributed by atoms with Gasteiger partial charge in [0.15, 0.2) is 0 Å². The van der Waals surface area contributed by atoms with Gasteiger partial charge in [-0.2, -0.15) is 0 Å². The number of halogens is 1. The van der Waals surface area contributed by atoms with E-state index >= 15 is 0 Å². The lowest BCUT2D eigenvalue weighted by molar-refractivity contribution is -0.384. The number of benzene rings is 3. The fraction of sp³-hybridized carbons (Fsp3) is 0.0800. The number of nitrogens with zero attached hydrogens (tertiary/aromatic N) is 2. The van der Waals surface area contributed by atoms with Gasteiger partial charge >= 0.3 is 0 Å². The molecular weight excluding hydrogens is 474 g/mol. The van der Waals surface area contributed by atoms with Crippen LogP contribution in [0.4, 0.5) is 17.1 Å². The van der Waals surface area contributed by atoms with E-state index in [2.05, 4.69) is 5.32 Å². The predicted octanol–water partition coefficient (Wildman–Crippen LogP) is 4.83. The van der Waals surface area contributed by atoms with Gasteiger partial charge in [-0.25, -0.2) is 0 Å². The highest BCUT2D eigenvalue weighted by Gasteiger charge is 2.47. The summed E-state index contributed by atoms with van der Waals surface area (Å²) in [6, 6.07) is 16.8. The number of Topliss-reactive ketones (excluding diaryl/α,β-unsaturated/α-hetero) is 1. The molecule has 3 aromatic carbocycles. The first kappa shape index (κ1) is 23.7. The molecule has 0 bridgehead atoms. The van der Waals surface area contributed by atoms with Crippen LogP contribution >= 0.6 is 11.6 Å². The Hall–Kier alpha value is -4.50. The summed E-state index contributed by atoms with van der Waals surface area (Å²) >= 11 is 6.02. The number of hydrogen-bond donors (Lipinski definition) is 2. The van der Waals surface area contributed by atoms with E-state index in [0.717, 1.165) is 0 Å². The van der Waals surface area contributed by atoms with Crippen molar-refractivity contribution in [3.8, 4) is 0 Å². The molecule has 1 heterocycles. The van der Waals surface area contributed by atoms with Crippen LogP contribution in [0, 0.1) is 10.1 Å². The highest BCUT2D eigenvalue weighted by Crippen LogP contribution is 2.42. The van der Waals surface area contributed by atoms with Crippen molar-refractivity contribution in [2.45, 2.75) is 13.0 Å². The first-order valence-corrected chi connectivity index (χ1v) is 10.7. The number of carbonyl (C=O) groups is 3. The summed E-state index contributed by atoms with van der Waals surface area (Å²) in [5, 5.41) is 25.1. The monoisotopic (exact) mass is 491 g/mol. The lowest BCUT2D eigenvalue weighted by atomic mass is 9.95.